The van der Waals surface area contributed by atoms with Crippen LogP contribution in [0.5, 0.6) is 0 Å². The lowest BCUT2D eigenvalue weighted by molar-refractivity contribution is 0.0727. The number of likely N-dealkylation sites (tertiary alicyclic amines) is 1. The van der Waals surface area contributed by atoms with Gasteiger partial charge in [-0.2, -0.15) is 0 Å². The van der Waals surface area contributed by atoms with Gasteiger partial charge in [-0.15, -0.1) is 0 Å². The molecule has 2 aromatic carbocycles. The Bertz CT molecular complexity index is 713. The number of carbonyl (C=O) groups excluding carboxylic acids is 1. The number of nitrogens with zero attached hydrogens (tertiary/aromatic N) is 1. The van der Waals surface area contributed by atoms with E-state index in [-0.39, 0.29) is 18.2 Å². The van der Waals surface area contributed by atoms with E-state index in [1.54, 1.807) is 4.90 Å². The van der Waals surface area contributed by atoms with Crippen molar-refractivity contribution in [2.45, 2.75) is 31.3 Å². The minimum Gasteiger partial charge on any atom is -0.448 e. The molecule has 0 spiro atoms. The van der Waals surface area contributed by atoms with Crippen molar-refractivity contribution in [2.24, 2.45) is 5.73 Å². The van der Waals surface area contributed by atoms with E-state index in [1.807, 2.05) is 12.1 Å². The number of fused-ring (bicyclic) bond motifs is 3. The van der Waals surface area contributed by atoms with Gasteiger partial charge in [0.25, 0.3) is 0 Å². The first kappa shape index (κ1) is 15.2. The highest BCUT2D eigenvalue weighted by Gasteiger charge is 2.31. The summed E-state index contributed by atoms with van der Waals surface area (Å²) in [6.07, 6.45) is 2.43. The molecule has 2 N–H and O–H groups in total. The molecule has 1 atom stereocenters. The first-order chi connectivity index (χ1) is 11.8. The molecule has 24 heavy (non-hydrogen) atoms. The Morgan fingerprint density at radius 2 is 1.67 bits per heavy atom. The average molecular weight is 322 g/mol. The number of amides is 1. The average Bonchev–Trinajstić information content (AvgIpc) is 2.94. The summed E-state index contributed by atoms with van der Waals surface area (Å²) in [6, 6.07) is 16.7. The molecule has 1 unspecified atom stereocenters. The van der Waals surface area contributed by atoms with Crippen LogP contribution in [-0.4, -0.2) is 30.3 Å². The van der Waals surface area contributed by atoms with Crippen molar-refractivity contribution in [3.8, 4) is 11.1 Å². The smallest absolute Gasteiger partial charge is 0.411 e. The zero-order valence-corrected chi connectivity index (χ0v) is 13.7. The van der Waals surface area contributed by atoms with E-state index in [1.165, 1.54) is 22.3 Å². The lowest BCUT2D eigenvalue weighted by Gasteiger charge is -2.32. The van der Waals surface area contributed by atoms with E-state index < -0.39 is 0 Å². The molecule has 0 saturated carbocycles. The molecule has 4 rings (SSSR count). The Balaban J connectivity index is 1.53. The minimum absolute atomic E-state index is 0.0994. The Morgan fingerprint density at radius 3 is 2.29 bits per heavy atom. The van der Waals surface area contributed by atoms with Gasteiger partial charge in [0.05, 0.1) is 6.17 Å². The van der Waals surface area contributed by atoms with Crippen molar-refractivity contribution in [2.75, 3.05) is 13.2 Å². The van der Waals surface area contributed by atoms with Crippen LogP contribution in [0.25, 0.3) is 11.1 Å². The summed E-state index contributed by atoms with van der Waals surface area (Å²) in [6.45, 7) is 1.05. The van der Waals surface area contributed by atoms with Gasteiger partial charge in [0, 0.05) is 12.5 Å². The highest BCUT2D eigenvalue weighted by atomic mass is 16.6. The van der Waals surface area contributed by atoms with E-state index >= 15 is 0 Å². The maximum Gasteiger partial charge on any atom is 0.411 e. The van der Waals surface area contributed by atoms with Crippen LogP contribution in [0.15, 0.2) is 48.5 Å². The number of hydrogen-bond acceptors (Lipinski definition) is 3. The summed E-state index contributed by atoms with van der Waals surface area (Å²) in [4.78, 5) is 14.1. The number of benzene rings is 2. The standard InChI is InChI=1S/C20H22N2O2/c21-19-11-5-6-12-22(19)20(23)24-13-18-16-9-3-1-7-14(16)15-8-2-4-10-17(15)18/h1-4,7-10,18-19H,5-6,11-13,21H2. The highest BCUT2D eigenvalue weighted by molar-refractivity contribution is 5.79. The molecule has 0 aromatic heterocycles. The molecule has 4 nitrogen and oxygen atoms in total. The fourth-order valence-corrected chi connectivity index (χ4v) is 3.86. The molecule has 0 radical (unpaired) electrons. The molecule has 124 valence electrons. The van der Waals surface area contributed by atoms with Gasteiger partial charge < -0.3 is 10.5 Å². The van der Waals surface area contributed by atoms with Crippen molar-refractivity contribution in [3.63, 3.8) is 0 Å². The number of carbonyl (C=O) groups is 1. The summed E-state index contributed by atoms with van der Waals surface area (Å²) in [5, 5.41) is 0. The first-order valence-electron chi connectivity index (χ1n) is 8.63. The summed E-state index contributed by atoms with van der Waals surface area (Å²) in [5.41, 5.74) is 11.0. The Labute approximate surface area is 142 Å². The maximum absolute atomic E-state index is 12.4. The van der Waals surface area contributed by atoms with E-state index in [0.29, 0.717) is 13.2 Å². The van der Waals surface area contributed by atoms with Crippen molar-refractivity contribution in [3.05, 3.63) is 59.7 Å². The molecule has 1 fully saturated rings. The molecule has 1 aliphatic carbocycles. The molecule has 1 amide bonds. The third kappa shape index (κ3) is 2.57. The van der Waals surface area contributed by atoms with Gasteiger partial charge in [-0.05, 0) is 41.5 Å². The van der Waals surface area contributed by atoms with Gasteiger partial charge >= 0.3 is 6.09 Å². The van der Waals surface area contributed by atoms with E-state index in [0.717, 1.165) is 19.3 Å². The van der Waals surface area contributed by atoms with Gasteiger partial charge in [0.15, 0.2) is 0 Å². The third-order valence-electron chi connectivity index (χ3n) is 5.12. The lowest BCUT2D eigenvalue weighted by atomic mass is 9.98. The van der Waals surface area contributed by atoms with E-state index in [2.05, 4.69) is 36.4 Å². The second-order valence-electron chi connectivity index (χ2n) is 6.56. The molecule has 1 saturated heterocycles. The zero-order chi connectivity index (χ0) is 16.5. The van der Waals surface area contributed by atoms with Gasteiger partial charge in [0.2, 0.25) is 0 Å². The molecule has 2 aromatic rings. The number of ether oxygens (including phenoxy) is 1. The van der Waals surface area contributed by atoms with Crippen LogP contribution in [0.1, 0.15) is 36.3 Å². The maximum atomic E-state index is 12.4. The molecule has 4 heteroatoms. The highest BCUT2D eigenvalue weighted by Crippen LogP contribution is 2.44. The second kappa shape index (κ2) is 6.29. The van der Waals surface area contributed by atoms with Crippen LogP contribution in [0.2, 0.25) is 0 Å². The van der Waals surface area contributed by atoms with Crippen LogP contribution in [-0.2, 0) is 4.74 Å². The molecule has 1 aliphatic heterocycles. The van der Waals surface area contributed by atoms with Crippen molar-refractivity contribution in [1.29, 1.82) is 0 Å². The number of hydrogen-bond donors (Lipinski definition) is 1. The van der Waals surface area contributed by atoms with Crippen LogP contribution in [0.3, 0.4) is 0 Å². The van der Waals surface area contributed by atoms with E-state index in [9.17, 15) is 4.79 Å². The van der Waals surface area contributed by atoms with Crippen molar-refractivity contribution >= 4 is 6.09 Å². The third-order valence-corrected chi connectivity index (χ3v) is 5.12. The topological polar surface area (TPSA) is 55.6 Å². The molecule has 2 aliphatic rings. The largest absolute Gasteiger partial charge is 0.448 e. The predicted octanol–water partition coefficient (Wildman–Crippen LogP) is 3.71. The molecule has 1 heterocycles. The van der Waals surface area contributed by atoms with Crippen LogP contribution >= 0.6 is 0 Å². The summed E-state index contributed by atoms with van der Waals surface area (Å²) < 4.78 is 5.66. The van der Waals surface area contributed by atoms with Crippen molar-refractivity contribution < 1.29 is 9.53 Å². The van der Waals surface area contributed by atoms with E-state index in [4.69, 9.17) is 10.5 Å². The number of nitrogens with two attached hydrogens (primary N) is 1. The quantitative estimate of drug-likeness (QED) is 0.917. The monoisotopic (exact) mass is 322 g/mol. The number of piperidine rings is 1. The van der Waals surface area contributed by atoms with Gasteiger partial charge in [-0.25, -0.2) is 4.79 Å². The fraction of sp³-hybridized carbons (Fsp3) is 0.350. The van der Waals surface area contributed by atoms with Gasteiger partial charge in [-0.1, -0.05) is 48.5 Å². The minimum atomic E-state index is -0.288. The van der Waals surface area contributed by atoms with Crippen LogP contribution in [0.4, 0.5) is 4.79 Å². The summed E-state index contributed by atoms with van der Waals surface area (Å²) in [7, 11) is 0. The first-order valence-corrected chi connectivity index (χ1v) is 8.63. The zero-order valence-electron chi connectivity index (χ0n) is 13.7. The van der Waals surface area contributed by atoms with Gasteiger partial charge in [0.1, 0.15) is 6.61 Å². The molecular formula is C20H22N2O2. The van der Waals surface area contributed by atoms with Gasteiger partial charge in [-0.3, -0.25) is 4.90 Å². The Morgan fingerprint density at radius 1 is 1.04 bits per heavy atom. The number of rotatable bonds is 2. The Kier molecular flexibility index (Phi) is 3.98. The van der Waals surface area contributed by atoms with Crippen molar-refractivity contribution in [1.82, 2.24) is 4.90 Å². The second-order valence-corrected chi connectivity index (χ2v) is 6.56. The van der Waals surface area contributed by atoms with Crippen LogP contribution < -0.4 is 5.73 Å². The fourth-order valence-electron chi connectivity index (χ4n) is 3.86. The summed E-state index contributed by atoms with van der Waals surface area (Å²) in [5.74, 6) is 0.0994. The Hall–Kier alpha value is -2.33. The molecular weight excluding hydrogens is 300 g/mol. The lowest BCUT2D eigenvalue weighted by Crippen LogP contribution is -2.49. The molecule has 0 bridgehead atoms. The normalized spacial score (nSPS) is 19.7. The predicted molar refractivity (Wildman–Crippen MR) is 93.6 cm³/mol. The summed E-state index contributed by atoms with van der Waals surface area (Å²) >= 11 is 0. The van der Waals surface area contributed by atoms with Crippen LogP contribution in [0, 0.1) is 0 Å². The SMILES string of the molecule is NC1CCCCN1C(=O)OCC1c2ccccc2-c2ccccc21.